The van der Waals surface area contributed by atoms with Crippen molar-refractivity contribution >= 4 is 11.0 Å². The van der Waals surface area contributed by atoms with Crippen molar-refractivity contribution in [2.24, 2.45) is 0 Å². The Hall–Kier alpha value is -1.32. The Morgan fingerprint density at radius 2 is 1.71 bits per heavy atom. The van der Waals surface area contributed by atoms with Crippen LogP contribution in [0.1, 0.15) is 52.9 Å². The quantitative estimate of drug-likeness (QED) is 0.890. The van der Waals surface area contributed by atoms with Crippen molar-refractivity contribution in [3.05, 3.63) is 35.6 Å². The summed E-state index contributed by atoms with van der Waals surface area (Å²) in [5.41, 5.74) is 1.97. The lowest BCUT2D eigenvalue weighted by molar-refractivity contribution is -0.0151. The summed E-state index contributed by atoms with van der Waals surface area (Å²) in [6.45, 7) is 14.0. The fraction of sp³-hybridized carbons (Fsp3) is 0.556. The highest BCUT2D eigenvalue weighted by atomic mass is 16.5. The second kappa shape index (κ2) is 5.82. The van der Waals surface area contributed by atoms with Crippen molar-refractivity contribution in [3.8, 4) is 0 Å². The van der Waals surface area contributed by atoms with Crippen molar-refractivity contribution < 1.29 is 9.15 Å². The molecule has 21 heavy (non-hydrogen) atoms. The monoisotopic (exact) mass is 289 g/mol. The van der Waals surface area contributed by atoms with E-state index in [4.69, 9.17) is 9.15 Å². The number of hydrogen-bond acceptors (Lipinski definition) is 3. The zero-order valence-corrected chi connectivity index (χ0v) is 14.0. The van der Waals surface area contributed by atoms with E-state index in [2.05, 4.69) is 52.9 Å². The molecule has 0 atom stereocenters. The second-order valence-corrected chi connectivity index (χ2v) is 7.50. The van der Waals surface area contributed by atoms with Crippen LogP contribution in [-0.4, -0.2) is 11.1 Å². The van der Waals surface area contributed by atoms with Gasteiger partial charge in [-0.3, -0.25) is 0 Å². The Labute approximate surface area is 127 Å². The molecule has 3 nitrogen and oxygen atoms in total. The molecule has 0 amide bonds. The van der Waals surface area contributed by atoms with Gasteiger partial charge in [0.25, 0.3) is 0 Å². The maximum absolute atomic E-state index is 6.02. The molecule has 0 saturated heterocycles. The summed E-state index contributed by atoms with van der Waals surface area (Å²) in [5.74, 6) is 0.968. The Balaban J connectivity index is 2.29. The molecule has 0 saturated carbocycles. The summed E-state index contributed by atoms with van der Waals surface area (Å²) in [5, 5.41) is 4.63. The molecule has 116 valence electrons. The lowest BCUT2D eigenvalue weighted by Crippen LogP contribution is -2.35. The molecule has 0 aliphatic carbocycles. The predicted molar refractivity (Wildman–Crippen MR) is 87.3 cm³/mol. The van der Waals surface area contributed by atoms with Gasteiger partial charge < -0.3 is 14.5 Å². The van der Waals surface area contributed by atoms with Gasteiger partial charge in [0, 0.05) is 16.5 Å². The normalized spacial score (nSPS) is 13.0. The molecule has 3 heteroatoms. The van der Waals surface area contributed by atoms with Gasteiger partial charge in [-0.1, -0.05) is 18.2 Å². The molecule has 0 aliphatic rings. The molecular weight excluding hydrogens is 262 g/mol. The average molecular weight is 289 g/mol. The molecular formula is C18H27NO2. The lowest BCUT2D eigenvalue weighted by atomic mass is 10.1. The number of fused-ring (bicyclic) bond motifs is 1. The topological polar surface area (TPSA) is 34.4 Å². The van der Waals surface area contributed by atoms with Crippen LogP contribution in [-0.2, 0) is 17.9 Å². The molecule has 1 aromatic carbocycles. The van der Waals surface area contributed by atoms with Crippen LogP contribution in [0.25, 0.3) is 11.0 Å². The van der Waals surface area contributed by atoms with E-state index in [1.54, 1.807) is 0 Å². The van der Waals surface area contributed by atoms with E-state index < -0.39 is 0 Å². The molecule has 2 aromatic rings. The minimum atomic E-state index is -0.160. The molecule has 0 unspecified atom stereocenters. The van der Waals surface area contributed by atoms with Gasteiger partial charge in [0.15, 0.2) is 0 Å². The third-order valence-electron chi connectivity index (χ3n) is 3.21. The van der Waals surface area contributed by atoms with Gasteiger partial charge in [-0.2, -0.15) is 0 Å². The van der Waals surface area contributed by atoms with Gasteiger partial charge >= 0.3 is 0 Å². The Morgan fingerprint density at radius 3 is 2.33 bits per heavy atom. The van der Waals surface area contributed by atoms with Crippen LogP contribution in [0.15, 0.2) is 28.7 Å². The van der Waals surface area contributed by atoms with Gasteiger partial charge in [-0.05, 0) is 47.6 Å². The predicted octanol–water partition coefficient (Wildman–Crippen LogP) is 4.64. The van der Waals surface area contributed by atoms with Crippen molar-refractivity contribution in [2.75, 3.05) is 0 Å². The third-order valence-corrected chi connectivity index (χ3v) is 3.21. The van der Waals surface area contributed by atoms with Crippen LogP contribution >= 0.6 is 0 Å². The largest absolute Gasteiger partial charge is 0.459 e. The standard InChI is InChI=1S/C18H27NO2/c1-17(2,3)19-11-16-14(12-20-18(4,5)6)13-9-7-8-10-15(13)21-16/h7-10,19H,11-12H2,1-6H3. The highest BCUT2D eigenvalue weighted by molar-refractivity contribution is 5.82. The number of hydrogen-bond donors (Lipinski definition) is 1. The van der Waals surface area contributed by atoms with Gasteiger partial charge in [0.1, 0.15) is 11.3 Å². The minimum Gasteiger partial charge on any atom is -0.459 e. The fourth-order valence-corrected chi connectivity index (χ4v) is 2.08. The molecule has 0 fully saturated rings. The summed E-state index contributed by atoms with van der Waals surface area (Å²) >= 11 is 0. The highest BCUT2D eigenvalue weighted by Crippen LogP contribution is 2.28. The minimum absolute atomic E-state index is 0.0567. The van der Waals surface area contributed by atoms with Crippen molar-refractivity contribution in [1.29, 1.82) is 0 Å². The summed E-state index contributed by atoms with van der Waals surface area (Å²) in [4.78, 5) is 0. The highest BCUT2D eigenvalue weighted by Gasteiger charge is 2.19. The molecule has 0 spiro atoms. The summed E-state index contributed by atoms with van der Waals surface area (Å²) in [6, 6.07) is 8.15. The first kappa shape index (κ1) is 16.1. The Morgan fingerprint density at radius 1 is 1.05 bits per heavy atom. The van der Waals surface area contributed by atoms with Gasteiger partial charge in [0.2, 0.25) is 0 Å². The van der Waals surface area contributed by atoms with E-state index >= 15 is 0 Å². The number of para-hydroxylation sites is 1. The third kappa shape index (κ3) is 4.58. The van der Waals surface area contributed by atoms with E-state index in [0.29, 0.717) is 13.2 Å². The number of benzene rings is 1. The average Bonchev–Trinajstić information content (AvgIpc) is 2.70. The lowest BCUT2D eigenvalue weighted by Gasteiger charge is -2.21. The molecule has 0 radical (unpaired) electrons. The van der Waals surface area contributed by atoms with E-state index in [0.717, 1.165) is 22.3 Å². The van der Waals surface area contributed by atoms with Crippen LogP contribution in [0.5, 0.6) is 0 Å². The molecule has 1 heterocycles. The Bertz CT molecular complexity index is 600. The smallest absolute Gasteiger partial charge is 0.134 e. The summed E-state index contributed by atoms with van der Waals surface area (Å²) in [6.07, 6.45) is 0. The molecule has 1 N–H and O–H groups in total. The van der Waals surface area contributed by atoms with Crippen molar-refractivity contribution in [1.82, 2.24) is 5.32 Å². The van der Waals surface area contributed by atoms with E-state index in [1.807, 2.05) is 18.2 Å². The summed E-state index contributed by atoms with van der Waals surface area (Å²) < 4.78 is 12.0. The maximum atomic E-state index is 6.02. The molecule has 1 aromatic heterocycles. The SMILES string of the molecule is CC(C)(C)NCc1oc2ccccc2c1COC(C)(C)C. The molecule has 0 bridgehead atoms. The second-order valence-electron chi connectivity index (χ2n) is 7.50. The van der Waals surface area contributed by atoms with E-state index in [-0.39, 0.29) is 11.1 Å². The van der Waals surface area contributed by atoms with Crippen molar-refractivity contribution in [3.63, 3.8) is 0 Å². The zero-order chi connectivity index (χ0) is 15.7. The van der Waals surface area contributed by atoms with Crippen molar-refractivity contribution in [2.45, 2.75) is 65.8 Å². The first-order chi connectivity index (χ1) is 9.66. The van der Waals surface area contributed by atoms with Crippen LogP contribution in [0, 0.1) is 0 Å². The number of rotatable bonds is 4. The zero-order valence-electron chi connectivity index (χ0n) is 14.0. The van der Waals surface area contributed by atoms with Crippen LogP contribution in [0.4, 0.5) is 0 Å². The van der Waals surface area contributed by atoms with Crippen LogP contribution in [0.3, 0.4) is 0 Å². The van der Waals surface area contributed by atoms with Gasteiger partial charge in [0.05, 0.1) is 18.8 Å². The number of nitrogens with one attached hydrogen (secondary N) is 1. The first-order valence-electron chi connectivity index (χ1n) is 7.54. The number of ether oxygens (including phenoxy) is 1. The number of furan rings is 1. The summed E-state index contributed by atoms with van der Waals surface area (Å²) in [7, 11) is 0. The van der Waals surface area contributed by atoms with Crippen LogP contribution in [0.2, 0.25) is 0 Å². The van der Waals surface area contributed by atoms with E-state index in [1.165, 1.54) is 0 Å². The fourth-order valence-electron chi connectivity index (χ4n) is 2.08. The van der Waals surface area contributed by atoms with Gasteiger partial charge in [-0.15, -0.1) is 0 Å². The Kier molecular flexibility index (Phi) is 4.45. The molecule has 2 rings (SSSR count). The molecule has 0 aliphatic heterocycles. The van der Waals surface area contributed by atoms with Crippen LogP contribution < -0.4 is 5.32 Å². The maximum Gasteiger partial charge on any atom is 0.134 e. The van der Waals surface area contributed by atoms with E-state index in [9.17, 15) is 0 Å². The first-order valence-corrected chi connectivity index (χ1v) is 7.54. The van der Waals surface area contributed by atoms with Gasteiger partial charge in [-0.25, -0.2) is 0 Å².